The van der Waals surface area contributed by atoms with Crippen molar-refractivity contribution in [2.75, 3.05) is 13.6 Å². The molecule has 0 bridgehead atoms. The predicted molar refractivity (Wildman–Crippen MR) is 104 cm³/mol. The number of urea groups is 1. The highest BCUT2D eigenvalue weighted by Gasteiger charge is 2.12. The maximum Gasteiger partial charge on any atom is 0.315 e. The Labute approximate surface area is 159 Å². The van der Waals surface area contributed by atoms with Crippen LogP contribution < -0.4 is 15.4 Å². The van der Waals surface area contributed by atoms with E-state index in [1.54, 1.807) is 24.3 Å². The number of hydrogen-bond acceptors (Lipinski definition) is 3. The zero-order chi connectivity index (χ0) is 19.0. The first-order chi connectivity index (χ1) is 12.4. The van der Waals surface area contributed by atoms with Gasteiger partial charge in [-0.1, -0.05) is 48.0 Å². The van der Waals surface area contributed by atoms with Crippen molar-refractivity contribution in [3.8, 4) is 0 Å². The van der Waals surface area contributed by atoms with Gasteiger partial charge in [0, 0.05) is 18.1 Å². The average molecular weight is 396 g/mol. The van der Waals surface area contributed by atoms with E-state index in [4.69, 9.17) is 11.6 Å². The van der Waals surface area contributed by atoms with Crippen LogP contribution in [-0.4, -0.2) is 28.0 Å². The highest BCUT2D eigenvalue weighted by atomic mass is 35.5. The van der Waals surface area contributed by atoms with Crippen LogP contribution in [0.25, 0.3) is 0 Å². The van der Waals surface area contributed by atoms with E-state index in [-0.39, 0.29) is 18.3 Å². The van der Waals surface area contributed by atoms with Crippen LogP contribution >= 0.6 is 11.6 Å². The normalized spacial score (nSPS) is 11.2. The van der Waals surface area contributed by atoms with Crippen molar-refractivity contribution in [1.29, 1.82) is 0 Å². The molecule has 0 fully saturated rings. The molecule has 140 valence electrons. The van der Waals surface area contributed by atoms with Gasteiger partial charge < -0.3 is 10.6 Å². The van der Waals surface area contributed by atoms with E-state index in [9.17, 15) is 13.2 Å². The van der Waals surface area contributed by atoms with Crippen LogP contribution in [-0.2, 0) is 28.7 Å². The van der Waals surface area contributed by atoms with Gasteiger partial charge in [-0.15, -0.1) is 0 Å². The first kappa shape index (κ1) is 20.2. The molecule has 0 spiro atoms. The van der Waals surface area contributed by atoms with Crippen molar-refractivity contribution >= 4 is 27.7 Å². The molecule has 2 aromatic rings. The van der Waals surface area contributed by atoms with Crippen molar-refractivity contribution in [2.45, 2.75) is 18.7 Å². The van der Waals surface area contributed by atoms with Crippen molar-refractivity contribution in [3.05, 3.63) is 70.2 Å². The lowest BCUT2D eigenvalue weighted by Crippen LogP contribution is -2.36. The van der Waals surface area contributed by atoms with Crippen molar-refractivity contribution in [2.24, 2.45) is 0 Å². The first-order valence-electron chi connectivity index (χ1n) is 8.14. The molecule has 0 aliphatic heterocycles. The third-order valence-corrected chi connectivity index (χ3v) is 5.35. The Kier molecular flexibility index (Phi) is 7.44. The van der Waals surface area contributed by atoms with Gasteiger partial charge in [0.15, 0.2) is 0 Å². The van der Waals surface area contributed by atoms with E-state index < -0.39 is 10.0 Å². The zero-order valence-corrected chi connectivity index (χ0v) is 16.0. The number of nitrogens with one attached hydrogen (secondary N) is 3. The summed E-state index contributed by atoms with van der Waals surface area (Å²) in [6.45, 7) is 0.723. The number of hydrogen-bond donors (Lipinski definition) is 3. The Morgan fingerprint density at radius 2 is 1.77 bits per heavy atom. The summed E-state index contributed by atoms with van der Waals surface area (Å²) in [7, 11) is -1.99. The number of carbonyl (C=O) groups excluding carboxylic acids is 1. The summed E-state index contributed by atoms with van der Waals surface area (Å²) >= 11 is 5.93. The second kappa shape index (κ2) is 9.56. The maximum absolute atomic E-state index is 11.9. The van der Waals surface area contributed by atoms with Crippen LogP contribution in [0.15, 0.2) is 48.5 Å². The average Bonchev–Trinajstić information content (AvgIpc) is 2.61. The summed E-state index contributed by atoms with van der Waals surface area (Å²) in [6.07, 6.45) is 0.672. The first-order valence-corrected chi connectivity index (χ1v) is 10.2. The summed E-state index contributed by atoms with van der Waals surface area (Å²) < 4.78 is 25.8. The van der Waals surface area contributed by atoms with Crippen LogP contribution in [0.2, 0.25) is 5.02 Å². The molecule has 0 atom stereocenters. The number of benzene rings is 2. The summed E-state index contributed by atoms with van der Waals surface area (Å²) in [5.74, 6) is -0.127. The smallest absolute Gasteiger partial charge is 0.315 e. The topological polar surface area (TPSA) is 87.3 Å². The largest absolute Gasteiger partial charge is 0.338 e. The van der Waals surface area contributed by atoms with E-state index in [0.717, 1.165) is 11.1 Å². The van der Waals surface area contributed by atoms with Gasteiger partial charge in [0.05, 0.1) is 5.75 Å². The number of sulfonamides is 1. The second-order valence-electron chi connectivity index (χ2n) is 5.72. The van der Waals surface area contributed by atoms with Crippen LogP contribution in [0.4, 0.5) is 4.79 Å². The lowest BCUT2D eigenvalue weighted by molar-refractivity contribution is 0.240. The van der Waals surface area contributed by atoms with E-state index >= 15 is 0 Å². The molecule has 2 amide bonds. The second-order valence-corrected chi connectivity index (χ2v) is 8.08. The third kappa shape index (κ3) is 6.67. The van der Waals surface area contributed by atoms with Gasteiger partial charge in [-0.05, 0) is 42.3 Å². The SMILES string of the molecule is CNS(=O)(=O)Cc1ccccc1CNC(=O)NCCc1cccc(Cl)c1. The fraction of sp³-hybridized carbons (Fsp3) is 0.278. The standard InChI is InChI=1S/C18H22ClN3O3S/c1-20-26(24,25)13-16-7-3-2-6-15(16)12-22-18(23)21-10-9-14-5-4-8-17(19)11-14/h2-8,11,20H,9-10,12-13H2,1H3,(H2,21,22,23). The highest BCUT2D eigenvalue weighted by molar-refractivity contribution is 7.88. The van der Waals surface area contributed by atoms with E-state index in [1.165, 1.54) is 7.05 Å². The van der Waals surface area contributed by atoms with E-state index in [2.05, 4.69) is 15.4 Å². The Hall–Kier alpha value is -2.09. The summed E-state index contributed by atoms with van der Waals surface area (Å²) in [5.41, 5.74) is 2.46. The number of amides is 2. The molecule has 0 aromatic heterocycles. The molecule has 0 saturated carbocycles. The zero-order valence-electron chi connectivity index (χ0n) is 14.5. The van der Waals surface area contributed by atoms with Gasteiger partial charge in [-0.3, -0.25) is 0 Å². The number of halogens is 1. The van der Waals surface area contributed by atoms with E-state index in [1.807, 2.05) is 24.3 Å². The molecular formula is C18H22ClN3O3S. The Morgan fingerprint density at radius 3 is 2.46 bits per heavy atom. The molecule has 2 rings (SSSR count). The molecule has 0 aliphatic carbocycles. The minimum atomic E-state index is -3.37. The van der Waals surface area contributed by atoms with Crippen molar-refractivity contribution in [3.63, 3.8) is 0 Å². The van der Waals surface area contributed by atoms with Gasteiger partial charge in [0.25, 0.3) is 0 Å². The maximum atomic E-state index is 11.9. The number of carbonyl (C=O) groups is 1. The lowest BCUT2D eigenvalue weighted by atomic mass is 10.1. The molecule has 3 N–H and O–H groups in total. The van der Waals surface area contributed by atoms with Gasteiger partial charge in [-0.25, -0.2) is 17.9 Å². The molecule has 0 unspecified atom stereocenters. The molecule has 0 saturated heterocycles. The van der Waals surface area contributed by atoms with Gasteiger partial charge in [0.1, 0.15) is 0 Å². The quantitative estimate of drug-likeness (QED) is 0.641. The molecule has 6 nitrogen and oxygen atoms in total. The van der Waals surface area contributed by atoms with Crippen LogP contribution in [0.5, 0.6) is 0 Å². The highest BCUT2D eigenvalue weighted by Crippen LogP contribution is 2.12. The summed E-state index contributed by atoms with van der Waals surface area (Å²) in [4.78, 5) is 11.9. The van der Waals surface area contributed by atoms with Crippen LogP contribution in [0.3, 0.4) is 0 Å². The number of rotatable bonds is 8. The van der Waals surface area contributed by atoms with Gasteiger partial charge in [0.2, 0.25) is 10.0 Å². The monoisotopic (exact) mass is 395 g/mol. The predicted octanol–water partition coefficient (Wildman–Crippen LogP) is 2.43. The molecule has 0 aliphatic rings. The van der Waals surface area contributed by atoms with Crippen LogP contribution in [0, 0.1) is 0 Å². The Balaban J connectivity index is 1.84. The van der Waals surface area contributed by atoms with Crippen molar-refractivity contribution < 1.29 is 13.2 Å². The third-order valence-electron chi connectivity index (χ3n) is 3.80. The van der Waals surface area contributed by atoms with Crippen LogP contribution in [0.1, 0.15) is 16.7 Å². The molecule has 0 heterocycles. The molecule has 26 heavy (non-hydrogen) atoms. The fourth-order valence-electron chi connectivity index (χ4n) is 2.40. The van der Waals surface area contributed by atoms with Crippen molar-refractivity contribution in [1.82, 2.24) is 15.4 Å². The fourth-order valence-corrected chi connectivity index (χ4v) is 3.45. The molecule has 8 heteroatoms. The van der Waals surface area contributed by atoms with E-state index in [0.29, 0.717) is 23.6 Å². The summed E-state index contributed by atoms with van der Waals surface area (Å²) in [6, 6.07) is 14.3. The summed E-state index contributed by atoms with van der Waals surface area (Å²) in [5, 5.41) is 6.19. The van der Waals surface area contributed by atoms with Gasteiger partial charge >= 0.3 is 6.03 Å². The molecular weight excluding hydrogens is 374 g/mol. The minimum absolute atomic E-state index is 0.127. The van der Waals surface area contributed by atoms with Gasteiger partial charge in [-0.2, -0.15) is 0 Å². The molecule has 2 aromatic carbocycles. The molecule has 0 radical (unpaired) electrons. The Morgan fingerprint density at radius 1 is 1.04 bits per heavy atom. The lowest BCUT2D eigenvalue weighted by Gasteiger charge is -2.12. The minimum Gasteiger partial charge on any atom is -0.338 e. The Bertz CT molecular complexity index is 856.